The van der Waals surface area contributed by atoms with Crippen LogP contribution in [0, 0.1) is 0 Å². The van der Waals surface area contributed by atoms with Crippen molar-refractivity contribution in [3.05, 3.63) is 42.5 Å². The summed E-state index contributed by atoms with van der Waals surface area (Å²) in [6.07, 6.45) is 1.01. The van der Waals surface area contributed by atoms with Gasteiger partial charge in [0.25, 0.3) is 10.0 Å². The Morgan fingerprint density at radius 2 is 1.58 bits per heavy atom. The van der Waals surface area contributed by atoms with Gasteiger partial charge in [0.2, 0.25) is 10.0 Å². The Hall–Kier alpha value is -2.24. The van der Waals surface area contributed by atoms with E-state index in [1.165, 1.54) is 30.3 Å². The lowest BCUT2D eigenvalue weighted by molar-refractivity contribution is 0.601. The molecule has 11 heteroatoms. The molecule has 0 radical (unpaired) electrons. The zero-order valence-electron chi connectivity index (χ0n) is 12.3. The van der Waals surface area contributed by atoms with Crippen LogP contribution in [0.25, 0.3) is 11.0 Å². The number of hydrogen-bond donors (Lipinski definition) is 2. The molecule has 0 saturated carbocycles. The van der Waals surface area contributed by atoms with Crippen LogP contribution in [0.5, 0.6) is 0 Å². The molecule has 3 rings (SSSR count). The zero-order valence-corrected chi connectivity index (χ0v) is 14.7. The van der Waals surface area contributed by atoms with Crippen LogP contribution in [-0.2, 0) is 20.0 Å². The monoisotopic (exact) mass is 384 g/mol. The van der Waals surface area contributed by atoms with E-state index in [9.17, 15) is 16.8 Å². The van der Waals surface area contributed by atoms with E-state index in [2.05, 4.69) is 18.2 Å². The first kappa shape index (κ1) is 16.6. The Morgan fingerprint density at radius 3 is 2.29 bits per heavy atom. The van der Waals surface area contributed by atoms with Crippen molar-refractivity contribution in [2.45, 2.75) is 4.90 Å². The fourth-order valence-corrected chi connectivity index (χ4v) is 4.44. The van der Waals surface area contributed by atoms with Crippen LogP contribution in [0.15, 0.2) is 47.4 Å². The molecule has 1 aromatic heterocycles. The maximum Gasteiger partial charge on any atom is 0.264 e. The summed E-state index contributed by atoms with van der Waals surface area (Å²) in [5.41, 5.74) is 1.27. The maximum absolute atomic E-state index is 12.6. The van der Waals surface area contributed by atoms with Gasteiger partial charge in [-0.3, -0.25) is 9.44 Å². The van der Waals surface area contributed by atoms with Gasteiger partial charge in [0.05, 0.1) is 29.4 Å². The van der Waals surface area contributed by atoms with Gasteiger partial charge in [-0.15, -0.1) is 0 Å². The van der Waals surface area contributed by atoms with Gasteiger partial charge in [-0.05, 0) is 30.3 Å². The van der Waals surface area contributed by atoms with Crippen molar-refractivity contribution >= 4 is 54.2 Å². The molecule has 0 saturated heterocycles. The standard InChI is InChI=1S/C13H12N4O4S3/c1-23(18,19)16-9-4-2-5-10(8-9)17-24(20,21)12-7-3-6-11-13(12)15-22-14-11/h2-8,16-17H,1H3. The minimum absolute atomic E-state index is 0.00947. The topological polar surface area (TPSA) is 118 Å². The van der Waals surface area contributed by atoms with E-state index in [0.717, 1.165) is 18.0 Å². The molecular weight excluding hydrogens is 372 g/mol. The van der Waals surface area contributed by atoms with E-state index in [-0.39, 0.29) is 16.3 Å². The fraction of sp³-hybridized carbons (Fsp3) is 0.0769. The fourth-order valence-electron chi connectivity index (χ4n) is 2.07. The van der Waals surface area contributed by atoms with Crippen LogP contribution in [0.4, 0.5) is 11.4 Å². The van der Waals surface area contributed by atoms with Gasteiger partial charge in [-0.25, -0.2) is 16.8 Å². The molecule has 8 nitrogen and oxygen atoms in total. The number of fused-ring (bicyclic) bond motifs is 1. The first-order valence-corrected chi connectivity index (χ1v) is 10.7. The second kappa shape index (κ2) is 6.00. The number of benzene rings is 2. The highest BCUT2D eigenvalue weighted by Gasteiger charge is 2.19. The number of hydrogen-bond acceptors (Lipinski definition) is 7. The van der Waals surface area contributed by atoms with Crippen LogP contribution in [0.3, 0.4) is 0 Å². The van der Waals surface area contributed by atoms with Crippen molar-refractivity contribution in [2.75, 3.05) is 15.7 Å². The molecule has 0 aliphatic carbocycles. The van der Waals surface area contributed by atoms with Crippen LogP contribution < -0.4 is 9.44 Å². The van der Waals surface area contributed by atoms with Crippen molar-refractivity contribution < 1.29 is 16.8 Å². The van der Waals surface area contributed by atoms with Crippen LogP contribution in [0.2, 0.25) is 0 Å². The molecule has 0 spiro atoms. The van der Waals surface area contributed by atoms with Gasteiger partial charge in [0.1, 0.15) is 15.9 Å². The second-order valence-electron chi connectivity index (χ2n) is 4.95. The number of anilines is 2. The van der Waals surface area contributed by atoms with Crippen LogP contribution >= 0.6 is 11.7 Å². The lowest BCUT2D eigenvalue weighted by atomic mass is 10.3. The van der Waals surface area contributed by atoms with Gasteiger partial charge < -0.3 is 0 Å². The Balaban J connectivity index is 1.95. The predicted molar refractivity (Wildman–Crippen MR) is 93.1 cm³/mol. The zero-order chi connectivity index (χ0) is 17.4. The molecule has 24 heavy (non-hydrogen) atoms. The first-order chi connectivity index (χ1) is 11.2. The Morgan fingerprint density at radius 1 is 0.917 bits per heavy atom. The minimum atomic E-state index is -3.89. The minimum Gasteiger partial charge on any atom is -0.284 e. The molecule has 0 aliphatic rings. The Bertz CT molecular complexity index is 1110. The highest BCUT2D eigenvalue weighted by atomic mass is 32.2. The summed E-state index contributed by atoms with van der Waals surface area (Å²) in [6.45, 7) is 0. The number of sulfonamides is 2. The summed E-state index contributed by atoms with van der Waals surface area (Å²) in [4.78, 5) is 0.00947. The van der Waals surface area contributed by atoms with E-state index in [1.54, 1.807) is 12.1 Å². The molecule has 0 amide bonds. The van der Waals surface area contributed by atoms with Gasteiger partial charge in [-0.1, -0.05) is 12.1 Å². The summed E-state index contributed by atoms with van der Waals surface area (Å²) < 4.78 is 60.5. The van der Waals surface area contributed by atoms with E-state index in [0.29, 0.717) is 11.0 Å². The largest absolute Gasteiger partial charge is 0.284 e. The molecule has 126 valence electrons. The predicted octanol–water partition coefficient (Wildman–Crippen LogP) is 1.86. The summed E-state index contributed by atoms with van der Waals surface area (Å²) in [5, 5.41) is 0. The number of rotatable bonds is 5. The molecule has 0 atom stereocenters. The van der Waals surface area contributed by atoms with Crippen molar-refractivity contribution in [1.29, 1.82) is 0 Å². The Kier molecular flexibility index (Phi) is 4.15. The molecule has 0 unspecified atom stereocenters. The van der Waals surface area contributed by atoms with Crippen molar-refractivity contribution in [3.63, 3.8) is 0 Å². The summed E-state index contributed by atoms with van der Waals surface area (Å²) in [7, 11) is -7.35. The third-order valence-electron chi connectivity index (χ3n) is 2.96. The molecule has 0 bridgehead atoms. The molecule has 3 aromatic rings. The molecular formula is C13H12N4O4S3. The smallest absolute Gasteiger partial charge is 0.264 e. The first-order valence-electron chi connectivity index (χ1n) is 6.57. The van der Waals surface area contributed by atoms with Gasteiger partial charge in [-0.2, -0.15) is 8.75 Å². The number of nitrogens with zero attached hydrogens (tertiary/aromatic N) is 2. The van der Waals surface area contributed by atoms with Crippen molar-refractivity contribution in [3.8, 4) is 0 Å². The third-order valence-corrected chi connectivity index (χ3v) is 5.52. The van der Waals surface area contributed by atoms with Crippen LogP contribution in [-0.4, -0.2) is 31.8 Å². The van der Waals surface area contributed by atoms with Crippen LogP contribution in [0.1, 0.15) is 0 Å². The quantitative estimate of drug-likeness (QED) is 0.693. The average molecular weight is 384 g/mol. The van der Waals surface area contributed by atoms with Gasteiger partial charge >= 0.3 is 0 Å². The summed E-state index contributed by atoms with van der Waals surface area (Å²) in [5.74, 6) is 0. The van der Waals surface area contributed by atoms with E-state index in [1.807, 2.05) is 0 Å². The summed E-state index contributed by atoms with van der Waals surface area (Å²) in [6, 6.07) is 10.7. The van der Waals surface area contributed by atoms with E-state index < -0.39 is 20.0 Å². The van der Waals surface area contributed by atoms with Gasteiger partial charge in [0.15, 0.2) is 0 Å². The van der Waals surface area contributed by atoms with Crippen molar-refractivity contribution in [1.82, 2.24) is 8.75 Å². The highest BCUT2D eigenvalue weighted by molar-refractivity contribution is 7.93. The van der Waals surface area contributed by atoms with E-state index in [4.69, 9.17) is 0 Å². The second-order valence-corrected chi connectivity index (χ2v) is 8.88. The summed E-state index contributed by atoms with van der Waals surface area (Å²) >= 11 is 0.929. The SMILES string of the molecule is CS(=O)(=O)Nc1cccc(NS(=O)(=O)c2cccc3nsnc23)c1. The highest BCUT2D eigenvalue weighted by Crippen LogP contribution is 2.24. The molecule has 2 N–H and O–H groups in total. The molecule has 2 aromatic carbocycles. The lowest BCUT2D eigenvalue weighted by Gasteiger charge is -2.10. The molecule has 1 heterocycles. The van der Waals surface area contributed by atoms with Crippen molar-refractivity contribution in [2.24, 2.45) is 0 Å². The molecule has 0 aliphatic heterocycles. The number of nitrogens with one attached hydrogen (secondary N) is 2. The lowest BCUT2D eigenvalue weighted by Crippen LogP contribution is -2.14. The number of aromatic nitrogens is 2. The van der Waals surface area contributed by atoms with E-state index >= 15 is 0 Å². The normalized spacial score (nSPS) is 12.2. The maximum atomic E-state index is 12.6. The van der Waals surface area contributed by atoms with Gasteiger partial charge in [0, 0.05) is 0 Å². The average Bonchev–Trinajstić information content (AvgIpc) is 2.93. The Labute approximate surface area is 143 Å². The third kappa shape index (κ3) is 3.63. The molecule has 0 fully saturated rings.